The topological polar surface area (TPSA) is 85.4 Å². The van der Waals surface area contributed by atoms with Gasteiger partial charge in [0.2, 0.25) is 0 Å². The molecule has 6 heteroatoms. The van der Waals surface area contributed by atoms with Gasteiger partial charge in [-0.2, -0.15) is 10.5 Å². The molecule has 0 bridgehead atoms. The van der Waals surface area contributed by atoms with Gasteiger partial charge in [0.05, 0.1) is 17.8 Å². The first kappa shape index (κ1) is 17.5. The lowest BCUT2D eigenvalue weighted by atomic mass is 9.82. The Morgan fingerprint density at radius 1 is 1.04 bits per heavy atom. The first-order chi connectivity index (χ1) is 12.6. The summed E-state index contributed by atoms with van der Waals surface area (Å²) in [6.07, 6.45) is 0. The third kappa shape index (κ3) is 3.13. The minimum atomic E-state index is -0.998. The van der Waals surface area contributed by atoms with Gasteiger partial charge in [-0.1, -0.05) is 41.9 Å². The Hall–Kier alpha value is -3.28. The fourth-order valence-electron chi connectivity index (χ4n) is 3.06. The van der Waals surface area contributed by atoms with Gasteiger partial charge in [0.25, 0.3) is 5.56 Å². The largest absolute Gasteiger partial charge is 0.295 e. The number of hydrogen-bond donors (Lipinski definition) is 1. The van der Waals surface area contributed by atoms with E-state index >= 15 is 0 Å². The molecule has 1 atom stereocenters. The van der Waals surface area contributed by atoms with Crippen molar-refractivity contribution < 1.29 is 0 Å². The van der Waals surface area contributed by atoms with Crippen molar-refractivity contribution in [3.05, 3.63) is 86.8 Å². The minimum absolute atomic E-state index is 0.274. The van der Waals surface area contributed by atoms with Crippen molar-refractivity contribution in [2.45, 2.75) is 12.8 Å². The summed E-state index contributed by atoms with van der Waals surface area (Å²) in [6.45, 7) is 1.77. The minimum Gasteiger partial charge on any atom is -0.295 e. The van der Waals surface area contributed by atoms with E-state index in [2.05, 4.69) is 5.10 Å². The lowest BCUT2D eigenvalue weighted by Crippen LogP contribution is -2.23. The smallest absolute Gasteiger partial charge is 0.275 e. The van der Waals surface area contributed by atoms with Crippen molar-refractivity contribution in [2.24, 2.45) is 5.92 Å². The molecule has 3 aromatic rings. The van der Waals surface area contributed by atoms with E-state index in [1.54, 1.807) is 31.2 Å². The first-order valence-corrected chi connectivity index (χ1v) is 8.36. The molecule has 0 radical (unpaired) electrons. The summed E-state index contributed by atoms with van der Waals surface area (Å²) in [6, 6.07) is 20.0. The highest BCUT2D eigenvalue weighted by atomic mass is 35.5. The van der Waals surface area contributed by atoms with E-state index in [1.807, 2.05) is 42.5 Å². The molecule has 0 aliphatic carbocycles. The Labute approximate surface area is 155 Å². The Bertz CT molecular complexity index is 1040. The van der Waals surface area contributed by atoms with Gasteiger partial charge in [0, 0.05) is 22.2 Å². The molecular weight excluding hydrogens is 348 g/mol. The lowest BCUT2D eigenvalue weighted by Gasteiger charge is -2.17. The third-order valence-corrected chi connectivity index (χ3v) is 4.54. The van der Waals surface area contributed by atoms with Crippen LogP contribution in [0.5, 0.6) is 0 Å². The number of rotatable bonds is 4. The maximum Gasteiger partial charge on any atom is 0.275 e. The molecule has 3 rings (SSSR count). The molecule has 1 heterocycles. The second-order valence-corrected chi connectivity index (χ2v) is 6.33. The predicted molar refractivity (Wildman–Crippen MR) is 99.1 cm³/mol. The van der Waals surface area contributed by atoms with Crippen LogP contribution in [0, 0.1) is 35.5 Å². The van der Waals surface area contributed by atoms with Crippen LogP contribution in [0.3, 0.4) is 0 Å². The Balaban J connectivity index is 2.21. The molecule has 0 fully saturated rings. The number of para-hydroxylation sites is 1. The van der Waals surface area contributed by atoms with Crippen LogP contribution in [0.4, 0.5) is 0 Å². The average Bonchev–Trinajstić information content (AvgIpc) is 2.96. The summed E-state index contributed by atoms with van der Waals surface area (Å²) in [5.41, 5.74) is 2.14. The van der Waals surface area contributed by atoms with Crippen molar-refractivity contribution in [3.63, 3.8) is 0 Å². The van der Waals surface area contributed by atoms with E-state index in [9.17, 15) is 15.3 Å². The monoisotopic (exact) mass is 362 g/mol. The van der Waals surface area contributed by atoms with Crippen LogP contribution in [0.2, 0.25) is 5.02 Å². The van der Waals surface area contributed by atoms with Gasteiger partial charge in [0.1, 0.15) is 5.92 Å². The zero-order valence-electron chi connectivity index (χ0n) is 14.0. The van der Waals surface area contributed by atoms with E-state index in [-0.39, 0.29) is 5.56 Å². The average molecular weight is 363 g/mol. The molecule has 128 valence electrons. The van der Waals surface area contributed by atoms with Crippen LogP contribution in [0.25, 0.3) is 5.69 Å². The number of nitrogens with one attached hydrogen (secondary N) is 1. The zero-order chi connectivity index (χ0) is 18.7. The van der Waals surface area contributed by atoms with Gasteiger partial charge < -0.3 is 0 Å². The highest BCUT2D eigenvalue weighted by Gasteiger charge is 2.31. The van der Waals surface area contributed by atoms with E-state index in [4.69, 9.17) is 11.6 Å². The maximum atomic E-state index is 13.1. The van der Waals surface area contributed by atoms with Crippen molar-refractivity contribution >= 4 is 11.6 Å². The molecule has 0 saturated heterocycles. The molecule has 0 saturated carbocycles. The summed E-state index contributed by atoms with van der Waals surface area (Å²) in [4.78, 5) is 13.1. The highest BCUT2D eigenvalue weighted by Crippen LogP contribution is 2.32. The van der Waals surface area contributed by atoms with Gasteiger partial charge in [-0.05, 0) is 36.8 Å². The number of benzene rings is 2. The fourth-order valence-corrected chi connectivity index (χ4v) is 3.18. The van der Waals surface area contributed by atoms with Gasteiger partial charge in [-0.25, -0.2) is 4.68 Å². The quantitative estimate of drug-likeness (QED) is 0.763. The number of H-pyrrole nitrogens is 1. The molecule has 26 heavy (non-hydrogen) atoms. The lowest BCUT2D eigenvalue weighted by molar-refractivity contribution is 0.699. The van der Waals surface area contributed by atoms with E-state index in [0.717, 1.165) is 0 Å². The standard InChI is InChI=1S/C20H15ClN4O/c1-13-18(20(26)25(24-13)17-5-3-2-4-6-17)19(15(11-22)12-23)14-7-9-16(21)10-8-14/h2-10,15,19,24H,1H3/t19-/m0/s1. The van der Waals surface area contributed by atoms with Crippen LogP contribution < -0.4 is 5.56 Å². The number of halogens is 1. The van der Waals surface area contributed by atoms with Gasteiger partial charge in [-0.15, -0.1) is 0 Å². The molecule has 0 amide bonds. The predicted octanol–water partition coefficient (Wildman–Crippen LogP) is 3.92. The molecule has 1 aromatic heterocycles. The molecular formula is C20H15ClN4O. The second kappa shape index (κ2) is 7.31. The number of aromatic nitrogens is 2. The van der Waals surface area contributed by atoms with E-state index in [1.165, 1.54) is 4.68 Å². The molecule has 0 aliphatic heterocycles. The number of hydrogen-bond acceptors (Lipinski definition) is 3. The summed E-state index contributed by atoms with van der Waals surface area (Å²) in [7, 11) is 0. The van der Waals surface area contributed by atoms with Crippen LogP contribution in [0.1, 0.15) is 22.7 Å². The zero-order valence-corrected chi connectivity index (χ0v) is 14.7. The van der Waals surface area contributed by atoms with Gasteiger partial charge >= 0.3 is 0 Å². The number of aryl methyl sites for hydroxylation is 1. The normalized spacial score (nSPS) is 11.7. The summed E-state index contributed by atoms with van der Waals surface area (Å²) >= 11 is 5.95. The van der Waals surface area contributed by atoms with Crippen molar-refractivity contribution in [2.75, 3.05) is 0 Å². The third-order valence-electron chi connectivity index (χ3n) is 4.28. The molecule has 5 nitrogen and oxygen atoms in total. The van der Waals surface area contributed by atoms with Crippen molar-refractivity contribution in [1.82, 2.24) is 9.78 Å². The summed E-state index contributed by atoms with van der Waals surface area (Å²) in [5.74, 6) is -1.67. The van der Waals surface area contributed by atoms with Gasteiger partial charge in [0.15, 0.2) is 0 Å². The van der Waals surface area contributed by atoms with Crippen LogP contribution in [-0.4, -0.2) is 9.78 Å². The fraction of sp³-hybridized carbons (Fsp3) is 0.150. The van der Waals surface area contributed by atoms with E-state index < -0.39 is 11.8 Å². The van der Waals surface area contributed by atoms with Crippen LogP contribution in [0.15, 0.2) is 59.4 Å². The molecule has 1 N–H and O–H groups in total. The van der Waals surface area contributed by atoms with Crippen molar-refractivity contribution in [3.8, 4) is 17.8 Å². The second-order valence-electron chi connectivity index (χ2n) is 5.89. The van der Waals surface area contributed by atoms with Crippen LogP contribution in [-0.2, 0) is 0 Å². The number of aromatic amines is 1. The summed E-state index contributed by atoms with van der Waals surface area (Å²) < 4.78 is 1.43. The van der Waals surface area contributed by atoms with E-state index in [0.29, 0.717) is 27.5 Å². The first-order valence-electron chi connectivity index (χ1n) is 7.98. The molecule has 0 unspecified atom stereocenters. The Morgan fingerprint density at radius 2 is 1.65 bits per heavy atom. The number of nitrogens with zero attached hydrogens (tertiary/aromatic N) is 3. The Kier molecular flexibility index (Phi) is 4.93. The Morgan fingerprint density at radius 3 is 2.23 bits per heavy atom. The number of nitriles is 2. The molecule has 0 aliphatic rings. The molecule has 2 aromatic carbocycles. The highest BCUT2D eigenvalue weighted by molar-refractivity contribution is 6.30. The molecule has 0 spiro atoms. The SMILES string of the molecule is Cc1[nH]n(-c2ccccc2)c(=O)c1[C@@H](c1ccc(Cl)cc1)C(C#N)C#N. The van der Waals surface area contributed by atoms with Crippen molar-refractivity contribution in [1.29, 1.82) is 10.5 Å². The van der Waals surface area contributed by atoms with Gasteiger partial charge in [-0.3, -0.25) is 9.89 Å². The maximum absolute atomic E-state index is 13.1. The summed E-state index contributed by atoms with van der Waals surface area (Å²) in [5, 5.41) is 22.5. The van der Waals surface area contributed by atoms with Crippen LogP contribution >= 0.6 is 11.6 Å².